The molecular weight excluding hydrogens is 212 g/mol. The van der Waals surface area contributed by atoms with Crippen LogP contribution in [0.4, 0.5) is 0 Å². The lowest BCUT2D eigenvalue weighted by Gasteiger charge is -2.28. The molecule has 3 heteroatoms. The van der Waals surface area contributed by atoms with Crippen LogP contribution in [0.5, 0.6) is 0 Å². The van der Waals surface area contributed by atoms with Crippen molar-refractivity contribution >= 4 is 0 Å². The minimum Gasteiger partial charge on any atom is -0.496 e. The standard InChI is InChI=1S/C14H20N2O/c1-2-17-14-8-9-16(11-13(14)15)10-12-6-4-3-5-7-12/h3-7H,2,8-11,15H2,1H3. The van der Waals surface area contributed by atoms with Gasteiger partial charge in [-0.25, -0.2) is 0 Å². The normalized spacial score (nSPS) is 17.2. The summed E-state index contributed by atoms with van der Waals surface area (Å²) in [6.07, 6.45) is 0.923. The van der Waals surface area contributed by atoms with E-state index in [0.29, 0.717) is 6.61 Å². The molecule has 0 atom stereocenters. The van der Waals surface area contributed by atoms with Crippen LogP contribution in [-0.2, 0) is 11.3 Å². The van der Waals surface area contributed by atoms with Gasteiger partial charge in [0.15, 0.2) is 0 Å². The van der Waals surface area contributed by atoms with Crippen molar-refractivity contribution in [2.45, 2.75) is 19.9 Å². The third kappa shape index (κ3) is 3.24. The molecule has 0 saturated heterocycles. The first-order chi connectivity index (χ1) is 8.29. The fourth-order valence-electron chi connectivity index (χ4n) is 2.14. The average molecular weight is 232 g/mol. The molecule has 1 aromatic carbocycles. The van der Waals surface area contributed by atoms with Crippen molar-refractivity contribution in [3.05, 3.63) is 47.4 Å². The molecule has 0 aliphatic carbocycles. The lowest BCUT2D eigenvalue weighted by Crippen LogP contribution is -2.34. The minimum atomic E-state index is 0.703. The summed E-state index contributed by atoms with van der Waals surface area (Å²) < 4.78 is 5.52. The van der Waals surface area contributed by atoms with Gasteiger partial charge in [-0.3, -0.25) is 4.90 Å². The van der Waals surface area contributed by atoms with E-state index in [-0.39, 0.29) is 0 Å². The Hall–Kier alpha value is -1.48. The monoisotopic (exact) mass is 232 g/mol. The molecule has 0 unspecified atom stereocenters. The van der Waals surface area contributed by atoms with Crippen LogP contribution in [0.2, 0.25) is 0 Å². The van der Waals surface area contributed by atoms with Crippen molar-refractivity contribution in [1.82, 2.24) is 4.90 Å². The molecule has 92 valence electrons. The summed E-state index contributed by atoms with van der Waals surface area (Å²) >= 11 is 0. The molecule has 17 heavy (non-hydrogen) atoms. The average Bonchev–Trinajstić information content (AvgIpc) is 2.34. The van der Waals surface area contributed by atoms with Crippen LogP contribution in [0.1, 0.15) is 18.9 Å². The Balaban J connectivity index is 1.94. The molecule has 0 saturated carbocycles. The number of benzene rings is 1. The number of nitrogens with zero attached hydrogens (tertiary/aromatic N) is 1. The highest BCUT2D eigenvalue weighted by molar-refractivity contribution is 5.16. The summed E-state index contributed by atoms with van der Waals surface area (Å²) in [5.74, 6) is 0.983. The quantitative estimate of drug-likeness (QED) is 0.864. The van der Waals surface area contributed by atoms with Crippen LogP contribution in [0.15, 0.2) is 41.8 Å². The molecule has 0 radical (unpaired) electrons. The molecule has 1 aromatic rings. The van der Waals surface area contributed by atoms with Crippen molar-refractivity contribution in [3.8, 4) is 0 Å². The number of ether oxygens (including phenoxy) is 1. The number of nitrogens with two attached hydrogens (primary N) is 1. The van der Waals surface area contributed by atoms with Gasteiger partial charge in [0.2, 0.25) is 0 Å². The molecule has 0 spiro atoms. The van der Waals surface area contributed by atoms with Gasteiger partial charge in [0, 0.05) is 26.1 Å². The van der Waals surface area contributed by atoms with Crippen molar-refractivity contribution in [2.24, 2.45) is 5.73 Å². The first-order valence-electron chi connectivity index (χ1n) is 6.16. The van der Waals surface area contributed by atoms with Crippen molar-refractivity contribution in [2.75, 3.05) is 19.7 Å². The Labute approximate surface area is 103 Å². The lowest BCUT2D eigenvalue weighted by molar-refractivity contribution is 0.173. The van der Waals surface area contributed by atoms with E-state index in [9.17, 15) is 0 Å². The molecule has 2 N–H and O–H groups in total. The fourth-order valence-corrected chi connectivity index (χ4v) is 2.14. The molecule has 1 aliphatic heterocycles. The molecule has 0 fully saturated rings. The Bertz CT molecular complexity index is 386. The molecule has 1 heterocycles. The summed E-state index contributed by atoms with van der Waals surface area (Å²) in [4.78, 5) is 2.35. The maximum Gasteiger partial charge on any atom is 0.117 e. The second-order valence-electron chi connectivity index (χ2n) is 4.33. The van der Waals surface area contributed by atoms with E-state index in [1.54, 1.807) is 0 Å². The van der Waals surface area contributed by atoms with Crippen molar-refractivity contribution < 1.29 is 4.74 Å². The van der Waals surface area contributed by atoms with E-state index < -0.39 is 0 Å². The summed E-state index contributed by atoms with van der Waals surface area (Å²) in [5.41, 5.74) is 8.24. The molecular formula is C14H20N2O. The van der Waals surface area contributed by atoms with Crippen LogP contribution < -0.4 is 5.73 Å². The van der Waals surface area contributed by atoms with E-state index in [1.807, 2.05) is 13.0 Å². The third-order valence-corrected chi connectivity index (χ3v) is 2.97. The van der Waals surface area contributed by atoms with Gasteiger partial charge in [-0.15, -0.1) is 0 Å². The van der Waals surface area contributed by atoms with Gasteiger partial charge in [0.05, 0.1) is 12.3 Å². The Morgan fingerprint density at radius 2 is 2.06 bits per heavy atom. The number of hydrogen-bond donors (Lipinski definition) is 1. The highest BCUT2D eigenvalue weighted by atomic mass is 16.5. The van der Waals surface area contributed by atoms with E-state index >= 15 is 0 Å². The van der Waals surface area contributed by atoms with Gasteiger partial charge in [0.1, 0.15) is 5.76 Å². The molecule has 0 bridgehead atoms. The van der Waals surface area contributed by atoms with E-state index in [1.165, 1.54) is 5.56 Å². The zero-order valence-electron chi connectivity index (χ0n) is 10.4. The van der Waals surface area contributed by atoms with Crippen molar-refractivity contribution in [3.63, 3.8) is 0 Å². The lowest BCUT2D eigenvalue weighted by atomic mass is 10.1. The van der Waals surface area contributed by atoms with Gasteiger partial charge >= 0.3 is 0 Å². The highest BCUT2D eigenvalue weighted by Gasteiger charge is 2.17. The maximum absolute atomic E-state index is 6.02. The zero-order chi connectivity index (χ0) is 12.1. The van der Waals surface area contributed by atoms with Gasteiger partial charge in [0.25, 0.3) is 0 Å². The summed E-state index contributed by atoms with van der Waals surface area (Å²) in [7, 11) is 0. The van der Waals surface area contributed by atoms with Crippen LogP contribution in [0.25, 0.3) is 0 Å². The number of rotatable bonds is 4. The fraction of sp³-hybridized carbons (Fsp3) is 0.429. The van der Waals surface area contributed by atoms with Gasteiger partial charge in [-0.05, 0) is 12.5 Å². The topological polar surface area (TPSA) is 38.5 Å². The van der Waals surface area contributed by atoms with Crippen LogP contribution in [0.3, 0.4) is 0 Å². The molecule has 3 nitrogen and oxygen atoms in total. The van der Waals surface area contributed by atoms with Gasteiger partial charge in [-0.2, -0.15) is 0 Å². The molecule has 1 aliphatic rings. The third-order valence-electron chi connectivity index (χ3n) is 2.97. The summed E-state index contributed by atoms with van der Waals surface area (Å²) in [6.45, 7) is 5.49. The zero-order valence-corrected chi connectivity index (χ0v) is 10.4. The summed E-state index contributed by atoms with van der Waals surface area (Å²) in [5, 5.41) is 0. The van der Waals surface area contributed by atoms with E-state index in [2.05, 4.69) is 29.2 Å². The van der Waals surface area contributed by atoms with E-state index in [0.717, 1.165) is 37.5 Å². The van der Waals surface area contributed by atoms with Crippen LogP contribution in [-0.4, -0.2) is 24.6 Å². The Morgan fingerprint density at radius 3 is 2.71 bits per heavy atom. The molecule has 2 rings (SSSR count). The minimum absolute atomic E-state index is 0.703. The second-order valence-corrected chi connectivity index (χ2v) is 4.33. The first kappa shape index (κ1) is 12.0. The second kappa shape index (κ2) is 5.73. The Kier molecular flexibility index (Phi) is 4.04. The van der Waals surface area contributed by atoms with E-state index in [4.69, 9.17) is 10.5 Å². The van der Waals surface area contributed by atoms with Crippen LogP contribution in [0, 0.1) is 0 Å². The van der Waals surface area contributed by atoms with Gasteiger partial charge in [-0.1, -0.05) is 30.3 Å². The molecule has 0 aromatic heterocycles. The summed E-state index contributed by atoms with van der Waals surface area (Å²) in [6, 6.07) is 10.5. The van der Waals surface area contributed by atoms with Crippen molar-refractivity contribution in [1.29, 1.82) is 0 Å². The predicted octanol–water partition coefficient (Wildman–Crippen LogP) is 2.10. The number of hydrogen-bond acceptors (Lipinski definition) is 3. The SMILES string of the molecule is CCOC1=C(N)CN(Cc2ccccc2)CC1. The van der Waals surface area contributed by atoms with Crippen LogP contribution >= 0.6 is 0 Å². The highest BCUT2D eigenvalue weighted by Crippen LogP contribution is 2.17. The predicted molar refractivity (Wildman–Crippen MR) is 69.2 cm³/mol. The maximum atomic E-state index is 6.02. The first-order valence-corrected chi connectivity index (χ1v) is 6.16. The largest absolute Gasteiger partial charge is 0.496 e. The van der Waals surface area contributed by atoms with Gasteiger partial charge < -0.3 is 10.5 Å². The smallest absolute Gasteiger partial charge is 0.117 e. The Morgan fingerprint density at radius 1 is 1.29 bits per heavy atom. The molecule has 0 amide bonds.